The topological polar surface area (TPSA) is 98.5 Å². The van der Waals surface area contributed by atoms with Crippen LogP contribution in [0.1, 0.15) is 24.0 Å². The van der Waals surface area contributed by atoms with Crippen LogP contribution >= 0.6 is 0 Å². The molecular weight excluding hydrogens is 352 g/mol. The van der Waals surface area contributed by atoms with Gasteiger partial charge >= 0.3 is 0 Å². The highest BCUT2D eigenvalue weighted by Crippen LogP contribution is 2.16. The third-order valence-corrected chi connectivity index (χ3v) is 4.82. The molecule has 6 nitrogen and oxygen atoms in total. The molecule has 0 radical (unpaired) electrons. The lowest BCUT2D eigenvalue weighted by Gasteiger charge is -2.09. The van der Waals surface area contributed by atoms with Gasteiger partial charge in [-0.1, -0.05) is 30.3 Å². The predicted octanol–water partition coefficient (Wildman–Crippen LogP) is 2.16. The van der Waals surface area contributed by atoms with Gasteiger partial charge in [0, 0.05) is 13.0 Å². The summed E-state index contributed by atoms with van der Waals surface area (Å²) in [7, 11) is -3.67. The fourth-order valence-corrected chi connectivity index (χ4v) is 2.93. The first-order valence-electron chi connectivity index (χ1n) is 8.43. The van der Waals surface area contributed by atoms with Gasteiger partial charge in [0.1, 0.15) is 5.75 Å². The van der Waals surface area contributed by atoms with E-state index in [9.17, 15) is 13.2 Å². The van der Waals surface area contributed by atoms with Crippen LogP contribution in [0.15, 0.2) is 53.4 Å². The zero-order valence-corrected chi connectivity index (χ0v) is 15.6. The normalized spacial score (nSPS) is 11.2. The number of aryl methyl sites for hydroxylation is 1. The van der Waals surface area contributed by atoms with E-state index in [1.165, 1.54) is 12.1 Å². The number of primary sulfonamides is 1. The molecule has 0 aromatic heterocycles. The van der Waals surface area contributed by atoms with Crippen molar-refractivity contribution in [1.29, 1.82) is 0 Å². The number of para-hydroxylation sites is 1. The van der Waals surface area contributed by atoms with E-state index in [0.717, 1.165) is 16.9 Å². The van der Waals surface area contributed by atoms with Gasteiger partial charge in [-0.25, -0.2) is 13.6 Å². The Balaban J connectivity index is 1.64. The van der Waals surface area contributed by atoms with E-state index in [0.29, 0.717) is 32.4 Å². The van der Waals surface area contributed by atoms with E-state index in [4.69, 9.17) is 9.88 Å². The minimum atomic E-state index is -3.67. The van der Waals surface area contributed by atoms with E-state index < -0.39 is 10.0 Å². The van der Waals surface area contributed by atoms with Crippen molar-refractivity contribution in [1.82, 2.24) is 5.32 Å². The van der Waals surface area contributed by atoms with Gasteiger partial charge in [-0.05, 0) is 49.1 Å². The molecule has 2 rings (SSSR count). The zero-order chi connectivity index (χ0) is 19.0. The molecule has 0 spiro atoms. The molecule has 3 N–H and O–H groups in total. The monoisotopic (exact) mass is 376 g/mol. The Hall–Kier alpha value is -2.38. The zero-order valence-electron chi connectivity index (χ0n) is 14.8. The highest BCUT2D eigenvalue weighted by atomic mass is 32.2. The second kappa shape index (κ2) is 9.35. The number of amides is 1. The Bertz CT molecular complexity index is 833. The van der Waals surface area contributed by atoms with Crippen LogP contribution in [0.5, 0.6) is 5.75 Å². The molecule has 0 heterocycles. The van der Waals surface area contributed by atoms with Gasteiger partial charge in [0.2, 0.25) is 15.9 Å². The van der Waals surface area contributed by atoms with Gasteiger partial charge in [-0.3, -0.25) is 4.79 Å². The number of sulfonamides is 1. The highest BCUT2D eigenvalue weighted by molar-refractivity contribution is 7.89. The van der Waals surface area contributed by atoms with Gasteiger partial charge in [-0.15, -0.1) is 0 Å². The quantitative estimate of drug-likeness (QED) is 0.655. The van der Waals surface area contributed by atoms with Crippen molar-refractivity contribution < 1.29 is 17.9 Å². The summed E-state index contributed by atoms with van der Waals surface area (Å²) < 4.78 is 28.0. The van der Waals surface area contributed by atoms with E-state index in [1.54, 1.807) is 12.1 Å². The van der Waals surface area contributed by atoms with Crippen LogP contribution in [0.3, 0.4) is 0 Å². The molecule has 7 heteroatoms. The van der Waals surface area contributed by atoms with Crippen LogP contribution in [0.4, 0.5) is 0 Å². The Morgan fingerprint density at radius 1 is 1.12 bits per heavy atom. The number of benzene rings is 2. The van der Waals surface area contributed by atoms with Crippen molar-refractivity contribution in [3.05, 3.63) is 59.7 Å². The first kappa shape index (κ1) is 19.9. The second-order valence-electron chi connectivity index (χ2n) is 6.01. The number of nitrogens with two attached hydrogens (primary N) is 1. The lowest BCUT2D eigenvalue weighted by Crippen LogP contribution is -2.25. The van der Waals surface area contributed by atoms with Crippen LogP contribution in [0, 0.1) is 6.92 Å². The van der Waals surface area contributed by atoms with Gasteiger partial charge < -0.3 is 10.1 Å². The number of hydrogen-bond donors (Lipinski definition) is 2. The van der Waals surface area contributed by atoms with Crippen molar-refractivity contribution >= 4 is 15.9 Å². The minimum absolute atomic E-state index is 0.0282. The maximum atomic E-state index is 11.8. The molecule has 0 aliphatic carbocycles. The number of rotatable bonds is 9. The molecule has 0 bridgehead atoms. The van der Waals surface area contributed by atoms with Gasteiger partial charge in [0.25, 0.3) is 0 Å². The molecule has 0 atom stereocenters. The third-order valence-electron chi connectivity index (χ3n) is 3.89. The molecule has 0 aliphatic heterocycles. The summed E-state index contributed by atoms with van der Waals surface area (Å²) in [6.45, 7) is 2.97. The smallest absolute Gasteiger partial charge is 0.238 e. The van der Waals surface area contributed by atoms with Crippen molar-refractivity contribution in [3.8, 4) is 5.75 Å². The summed E-state index contributed by atoms with van der Waals surface area (Å²) in [6, 6.07) is 14.1. The number of carbonyl (C=O) groups is 1. The van der Waals surface area contributed by atoms with Crippen molar-refractivity contribution in [2.75, 3.05) is 13.2 Å². The molecule has 26 heavy (non-hydrogen) atoms. The molecule has 2 aromatic rings. The van der Waals surface area contributed by atoms with E-state index >= 15 is 0 Å². The molecule has 2 aromatic carbocycles. The minimum Gasteiger partial charge on any atom is -0.493 e. The molecule has 0 saturated carbocycles. The van der Waals surface area contributed by atoms with Crippen molar-refractivity contribution in [3.63, 3.8) is 0 Å². The summed E-state index contributed by atoms with van der Waals surface area (Å²) in [5.74, 6) is 0.815. The molecule has 1 amide bonds. The summed E-state index contributed by atoms with van der Waals surface area (Å²) in [6.07, 6.45) is 1.66. The Kier molecular flexibility index (Phi) is 7.17. The third kappa shape index (κ3) is 6.50. The Morgan fingerprint density at radius 2 is 1.81 bits per heavy atom. The molecule has 0 saturated heterocycles. The van der Waals surface area contributed by atoms with Gasteiger partial charge in [0.15, 0.2) is 0 Å². The lowest BCUT2D eigenvalue weighted by molar-refractivity contribution is -0.121. The van der Waals surface area contributed by atoms with E-state index in [-0.39, 0.29) is 10.8 Å². The van der Waals surface area contributed by atoms with Crippen molar-refractivity contribution in [2.24, 2.45) is 5.14 Å². The fourth-order valence-electron chi connectivity index (χ4n) is 2.41. The van der Waals surface area contributed by atoms with Crippen LogP contribution < -0.4 is 15.2 Å². The average Bonchev–Trinajstić information content (AvgIpc) is 2.60. The lowest BCUT2D eigenvalue weighted by atomic mass is 10.1. The van der Waals surface area contributed by atoms with Crippen LogP contribution in [-0.4, -0.2) is 27.5 Å². The molecule has 140 valence electrons. The number of hydrogen-bond acceptors (Lipinski definition) is 4. The van der Waals surface area contributed by atoms with Crippen LogP contribution in [0.2, 0.25) is 0 Å². The Labute approximate surface area is 154 Å². The first-order chi connectivity index (χ1) is 12.4. The second-order valence-corrected chi connectivity index (χ2v) is 7.57. The van der Waals surface area contributed by atoms with Crippen LogP contribution in [-0.2, 0) is 21.2 Å². The summed E-state index contributed by atoms with van der Waals surface area (Å²) in [4.78, 5) is 11.9. The molecule has 0 unspecified atom stereocenters. The number of ether oxygens (including phenoxy) is 1. The van der Waals surface area contributed by atoms with Crippen LogP contribution in [0.25, 0.3) is 0 Å². The largest absolute Gasteiger partial charge is 0.493 e. The maximum absolute atomic E-state index is 11.8. The van der Waals surface area contributed by atoms with E-state index in [1.807, 2.05) is 31.2 Å². The number of carbonyl (C=O) groups excluding carboxylic acids is 1. The summed E-state index contributed by atoms with van der Waals surface area (Å²) >= 11 is 0. The van der Waals surface area contributed by atoms with Gasteiger partial charge in [-0.2, -0.15) is 0 Å². The first-order valence-corrected chi connectivity index (χ1v) is 9.98. The SMILES string of the molecule is Cc1ccccc1OCCCC(=O)NCCc1ccc(S(N)(=O)=O)cc1. The highest BCUT2D eigenvalue weighted by Gasteiger charge is 2.07. The van der Waals surface area contributed by atoms with Gasteiger partial charge in [0.05, 0.1) is 11.5 Å². The average molecular weight is 376 g/mol. The molecule has 0 fully saturated rings. The number of nitrogens with one attached hydrogen (secondary N) is 1. The summed E-state index contributed by atoms with van der Waals surface area (Å²) in [5.41, 5.74) is 2.01. The maximum Gasteiger partial charge on any atom is 0.238 e. The molecule has 0 aliphatic rings. The standard InChI is InChI=1S/C19H24N2O4S/c1-15-5-2-3-6-18(15)25-14-4-7-19(22)21-13-12-16-8-10-17(11-9-16)26(20,23)24/h2-3,5-6,8-11H,4,7,12-14H2,1H3,(H,21,22)(H2,20,23,24). The molecular formula is C19H24N2O4S. The van der Waals surface area contributed by atoms with E-state index in [2.05, 4.69) is 5.32 Å². The predicted molar refractivity (Wildman–Crippen MR) is 100 cm³/mol. The fraction of sp³-hybridized carbons (Fsp3) is 0.316. The van der Waals surface area contributed by atoms with Crippen molar-refractivity contribution in [2.45, 2.75) is 31.1 Å². The Morgan fingerprint density at radius 3 is 2.46 bits per heavy atom. The summed E-state index contributed by atoms with van der Waals surface area (Å²) in [5, 5.41) is 7.90.